The average Bonchev–Trinajstić information content (AvgIpc) is 2.92. The van der Waals surface area contributed by atoms with Crippen LogP contribution < -0.4 is 10.1 Å². The maximum absolute atomic E-state index is 13.3. The second kappa shape index (κ2) is 8.77. The first-order valence-corrected chi connectivity index (χ1v) is 9.55. The fraction of sp³-hybridized carbons (Fsp3) is 0.105. The third-order valence-corrected chi connectivity index (χ3v) is 4.95. The molecule has 1 aliphatic rings. The van der Waals surface area contributed by atoms with Crippen molar-refractivity contribution < 1.29 is 18.7 Å². The minimum absolute atomic E-state index is 0.0971. The van der Waals surface area contributed by atoms with Crippen molar-refractivity contribution in [2.45, 2.75) is 13.5 Å². The molecule has 0 saturated heterocycles. The van der Waals surface area contributed by atoms with Gasteiger partial charge in [0.2, 0.25) is 5.91 Å². The van der Waals surface area contributed by atoms with Crippen molar-refractivity contribution in [3.8, 4) is 5.75 Å². The number of halogens is 3. The van der Waals surface area contributed by atoms with Crippen LogP contribution in [0.15, 0.2) is 46.3 Å². The number of rotatable bonds is 4. The van der Waals surface area contributed by atoms with Gasteiger partial charge in [-0.05, 0) is 53.2 Å². The Kier molecular flexibility index (Phi) is 6.39. The summed E-state index contributed by atoms with van der Waals surface area (Å²) in [5.74, 6) is -0.881. The zero-order valence-corrected chi connectivity index (χ0v) is 16.8. The topological polar surface area (TPSA) is 67.8 Å². The molecule has 28 heavy (non-hydrogen) atoms. The van der Waals surface area contributed by atoms with Crippen LogP contribution in [0.3, 0.4) is 0 Å². The first-order chi connectivity index (χ1) is 13.3. The number of benzene rings is 2. The lowest BCUT2D eigenvalue weighted by Crippen LogP contribution is -2.23. The third-order valence-electron chi connectivity index (χ3n) is 3.49. The molecule has 0 spiro atoms. The number of thioether (sulfide) groups is 1. The molecule has 2 amide bonds. The highest BCUT2D eigenvalue weighted by Gasteiger charge is 2.23. The Balaban J connectivity index is 1.75. The summed E-state index contributed by atoms with van der Waals surface area (Å²) in [7, 11) is 0. The van der Waals surface area contributed by atoms with Gasteiger partial charge >= 0.3 is 0 Å². The van der Waals surface area contributed by atoms with Crippen LogP contribution in [-0.4, -0.2) is 17.0 Å². The molecule has 5 nitrogen and oxygen atoms in total. The highest BCUT2D eigenvalue weighted by atomic mass is 35.5. The zero-order valence-electron chi connectivity index (χ0n) is 14.5. The van der Waals surface area contributed by atoms with Crippen molar-refractivity contribution in [1.82, 2.24) is 5.32 Å². The fourth-order valence-corrected chi connectivity index (χ4v) is 3.82. The van der Waals surface area contributed by atoms with Crippen molar-refractivity contribution in [2.24, 2.45) is 4.99 Å². The number of carbonyl (C=O) groups is 2. The summed E-state index contributed by atoms with van der Waals surface area (Å²) >= 11 is 13.6. The van der Waals surface area contributed by atoms with E-state index in [0.29, 0.717) is 16.0 Å². The highest BCUT2D eigenvalue weighted by Crippen LogP contribution is 2.36. The number of hydrogen-bond acceptors (Lipinski definition) is 4. The molecule has 144 valence electrons. The van der Waals surface area contributed by atoms with Gasteiger partial charge in [-0.1, -0.05) is 35.3 Å². The standard InChI is InChI=1S/C19H13Cl2FN2O3S/c1-10(25)23-19-24-18(26)16(28-19)8-12-6-14(20)17(15(21)7-12)27-9-11-3-2-4-13(22)5-11/h2-8H,9H2,1H3,(H,23,24,25,26)/b16-8+. The summed E-state index contributed by atoms with van der Waals surface area (Å²) < 4.78 is 18.9. The quantitative estimate of drug-likeness (QED) is 0.694. The highest BCUT2D eigenvalue weighted by molar-refractivity contribution is 8.18. The van der Waals surface area contributed by atoms with Crippen molar-refractivity contribution >= 4 is 58.0 Å². The Morgan fingerprint density at radius 3 is 2.64 bits per heavy atom. The van der Waals surface area contributed by atoms with Gasteiger partial charge in [0.05, 0.1) is 15.0 Å². The Hall–Kier alpha value is -2.35. The lowest BCUT2D eigenvalue weighted by molar-refractivity contribution is -0.117. The number of amidine groups is 1. The van der Waals surface area contributed by atoms with E-state index < -0.39 is 5.91 Å². The Morgan fingerprint density at radius 1 is 1.29 bits per heavy atom. The predicted octanol–water partition coefficient (Wildman–Crippen LogP) is 4.82. The molecular formula is C19H13Cl2FN2O3S. The molecule has 1 heterocycles. The van der Waals surface area contributed by atoms with Gasteiger partial charge in [0, 0.05) is 6.92 Å². The van der Waals surface area contributed by atoms with Crippen LogP contribution in [0.4, 0.5) is 4.39 Å². The maximum atomic E-state index is 13.3. The SMILES string of the molecule is CC(=O)NC1=NC(=O)/C(=C\c2cc(Cl)c(OCc3cccc(F)c3)c(Cl)c2)S1. The van der Waals surface area contributed by atoms with Crippen molar-refractivity contribution in [1.29, 1.82) is 0 Å². The van der Waals surface area contributed by atoms with Gasteiger partial charge in [0.1, 0.15) is 12.4 Å². The van der Waals surface area contributed by atoms with E-state index in [1.807, 2.05) is 0 Å². The Morgan fingerprint density at radius 2 is 2.00 bits per heavy atom. The van der Waals surface area contributed by atoms with E-state index in [1.165, 1.54) is 19.1 Å². The molecular weight excluding hydrogens is 426 g/mol. The second-order valence-corrected chi connectivity index (χ2v) is 7.59. The monoisotopic (exact) mass is 438 g/mol. The van der Waals surface area contributed by atoms with Gasteiger partial charge in [-0.25, -0.2) is 4.39 Å². The number of carbonyl (C=O) groups excluding carboxylic acids is 2. The van der Waals surface area contributed by atoms with E-state index in [0.717, 1.165) is 11.8 Å². The lowest BCUT2D eigenvalue weighted by Gasteiger charge is -2.11. The summed E-state index contributed by atoms with van der Waals surface area (Å²) in [6.07, 6.45) is 1.57. The predicted molar refractivity (Wildman–Crippen MR) is 109 cm³/mol. The number of hydrogen-bond donors (Lipinski definition) is 1. The molecule has 0 bridgehead atoms. The summed E-state index contributed by atoms with van der Waals surface area (Å²) in [6, 6.07) is 9.18. The minimum atomic E-state index is -0.465. The molecule has 2 aromatic rings. The summed E-state index contributed by atoms with van der Waals surface area (Å²) in [4.78, 5) is 27.1. The van der Waals surface area contributed by atoms with Crippen LogP contribution in [0.2, 0.25) is 10.0 Å². The van der Waals surface area contributed by atoms with Crippen LogP contribution in [0.25, 0.3) is 6.08 Å². The first kappa shape index (κ1) is 20.4. The van der Waals surface area contributed by atoms with Gasteiger partial charge in [-0.3, -0.25) is 9.59 Å². The van der Waals surface area contributed by atoms with E-state index in [2.05, 4.69) is 10.3 Å². The number of aliphatic imine (C=N–C) groups is 1. The van der Waals surface area contributed by atoms with Gasteiger partial charge in [-0.15, -0.1) is 0 Å². The van der Waals surface area contributed by atoms with Crippen LogP contribution in [0.1, 0.15) is 18.1 Å². The van der Waals surface area contributed by atoms with Gasteiger partial charge in [0.25, 0.3) is 5.91 Å². The van der Waals surface area contributed by atoms with E-state index in [1.54, 1.807) is 30.3 Å². The van der Waals surface area contributed by atoms with Crippen molar-refractivity contribution in [2.75, 3.05) is 0 Å². The molecule has 0 unspecified atom stereocenters. The molecule has 0 atom stereocenters. The molecule has 0 fully saturated rings. The summed E-state index contributed by atoms with van der Waals surface area (Å²) in [5.41, 5.74) is 1.21. The molecule has 0 saturated carbocycles. The van der Waals surface area contributed by atoms with E-state index in [9.17, 15) is 14.0 Å². The van der Waals surface area contributed by atoms with Gasteiger partial charge in [0.15, 0.2) is 10.9 Å². The summed E-state index contributed by atoms with van der Waals surface area (Å²) in [5, 5.41) is 3.18. The minimum Gasteiger partial charge on any atom is -0.486 e. The Bertz CT molecular complexity index is 1000. The molecule has 0 radical (unpaired) electrons. The smallest absolute Gasteiger partial charge is 0.286 e. The summed E-state index contributed by atoms with van der Waals surface area (Å²) in [6.45, 7) is 1.43. The van der Waals surface area contributed by atoms with Crippen molar-refractivity contribution in [3.63, 3.8) is 0 Å². The van der Waals surface area contributed by atoms with Crippen LogP contribution >= 0.6 is 35.0 Å². The number of amides is 2. The first-order valence-electron chi connectivity index (χ1n) is 7.98. The molecule has 9 heteroatoms. The van der Waals surface area contributed by atoms with Gasteiger partial charge in [-0.2, -0.15) is 4.99 Å². The number of nitrogens with zero attached hydrogens (tertiary/aromatic N) is 1. The van der Waals surface area contributed by atoms with Crippen LogP contribution in [0.5, 0.6) is 5.75 Å². The lowest BCUT2D eigenvalue weighted by atomic mass is 10.2. The fourth-order valence-electron chi connectivity index (χ4n) is 2.35. The largest absolute Gasteiger partial charge is 0.486 e. The molecule has 1 aliphatic heterocycles. The molecule has 3 rings (SSSR count). The van der Waals surface area contributed by atoms with Crippen LogP contribution in [-0.2, 0) is 16.2 Å². The molecule has 0 aromatic heterocycles. The molecule has 1 N–H and O–H groups in total. The molecule has 2 aromatic carbocycles. The Labute approximate surface area is 174 Å². The van der Waals surface area contributed by atoms with Crippen molar-refractivity contribution in [3.05, 3.63) is 68.3 Å². The average molecular weight is 439 g/mol. The second-order valence-electron chi connectivity index (χ2n) is 5.75. The van der Waals surface area contributed by atoms with E-state index in [4.69, 9.17) is 27.9 Å². The van der Waals surface area contributed by atoms with Crippen LogP contribution in [0, 0.1) is 5.82 Å². The zero-order chi connectivity index (χ0) is 20.3. The number of nitrogens with one attached hydrogen (secondary N) is 1. The molecule has 0 aliphatic carbocycles. The normalized spacial score (nSPS) is 14.9. The van der Waals surface area contributed by atoms with E-state index >= 15 is 0 Å². The third kappa shape index (κ3) is 5.13. The van der Waals surface area contributed by atoms with Gasteiger partial charge < -0.3 is 10.1 Å². The number of ether oxygens (including phenoxy) is 1. The maximum Gasteiger partial charge on any atom is 0.286 e. The van der Waals surface area contributed by atoms with E-state index in [-0.39, 0.29) is 39.3 Å².